The minimum atomic E-state index is -2.40. The van der Waals surface area contributed by atoms with E-state index < -0.39 is 6.43 Å². The van der Waals surface area contributed by atoms with Crippen molar-refractivity contribution in [1.29, 1.82) is 0 Å². The van der Waals surface area contributed by atoms with E-state index in [9.17, 15) is 8.78 Å². The van der Waals surface area contributed by atoms with E-state index in [0.717, 1.165) is 18.5 Å². The first-order valence-electron chi connectivity index (χ1n) is 6.79. The maximum Gasteiger partial charge on any atom is 0.263 e. The molecule has 0 aromatic heterocycles. The summed E-state index contributed by atoms with van der Waals surface area (Å²) in [5.41, 5.74) is 3.59. The van der Waals surface area contributed by atoms with Gasteiger partial charge in [0.05, 0.1) is 0 Å². The Hall–Kier alpha value is -1.74. The lowest BCUT2D eigenvalue weighted by molar-refractivity contribution is 0.151. The van der Waals surface area contributed by atoms with Crippen molar-refractivity contribution in [3.8, 4) is 0 Å². The predicted octanol–water partition coefficient (Wildman–Crippen LogP) is 4.26. The summed E-state index contributed by atoms with van der Waals surface area (Å²) in [7, 11) is 0. The van der Waals surface area contributed by atoms with Crippen LogP contribution in [-0.2, 0) is 13.0 Å². The van der Waals surface area contributed by atoms with Gasteiger partial charge in [0.15, 0.2) is 0 Å². The van der Waals surface area contributed by atoms with Gasteiger partial charge in [-0.2, -0.15) is 0 Å². The predicted molar refractivity (Wildman–Crippen MR) is 78.0 cm³/mol. The number of hydrogen-bond acceptors (Lipinski definition) is 1. The van der Waals surface area contributed by atoms with Gasteiger partial charge in [0.2, 0.25) is 0 Å². The van der Waals surface area contributed by atoms with Gasteiger partial charge in [-0.15, -0.1) is 0 Å². The standard InChI is InChI=1S/C17H19F2N/c1-13-5-2-3-7-15(13)9-10-20-12-14-6-4-8-16(11-14)17(18)19/h2-8,11,17,20H,9-10,12H2,1H3. The van der Waals surface area contributed by atoms with Crippen LogP contribution in [0.1, 0.15) is 28.7 Å². The molecule has 0 amide bonds. The van der Waals surface area contributed by atoms with Crippen molar-refractivity contribution in [2.24, 2.45) is 0 Å². The molecule has 0 atom stereocenters. The highest BCUT2D eigenvalue weighted by Gasteiger charge is 2.06. The highest BCUT2D eigenvalue weighted by atomic mass is 19.3. The molecule has 106 valence electrons. The van der Waals surface area contributed by atoms with Crippen molar-refractivity contribution in [2.75, 3.05) is 6.54 Å². The van der Waals surface area contributed by atoms with E-state index in [1.165, 1.54) is 17.2 Å². The molecule has 20 heavy (non-hydrogen) atoms. The van der Waals surface area contributed by atoms with Gasteiger partial charge in [-0.05, 0) is 42.6 Å². The first kappa shape index (κ1) is 14.7. The van der Waals surface area contributed by atoms with Gasteiger partial charge in [-0.3, -0.25) is 0 Å². The zero-order chi connectivity index (χ0) is 14.4. The number of benzene rings is 2. The molecular formula is C17H19F2N. The number of rotatable bonds is 6. The lowest BCUT2D eigenvalue weighted by Crippen LogP contribution is -2.17. The normalized spacial score (nSPS) is 11.0. The molecule has 2 aromatic carbocycles. The summed E-state index contributed by atoms with van der Waals surface area (Å²) in [6.07, 6.45) is -1.46. The van der Waals surface area contributed by atoms with Gasteiger partial charge < -0.3 is 5.32 Å². The molecule has 2 aromatic rings. The SMILES string of the molecule is Cc1ccccc1CCNCc1cccc(C(F)F)c1. The van der Waals surface area contributed by atoms with Crippen molar-refractivity contribution in [1.82, 2.24) is 5.32 Å². The van der Waals surface area contributed by atoms with Crippen molar-refractivity contribution in [3.05, 3.63) is 70.8 Å². The van der Waals surface area contributed by atoms with E-state index in [2.05, 4.69) is 24.4 Å². The number of aryl methyl sites for hydroxylation is 1. The van der Waals surface area contributed by atoms with Crippen LogP contribution in [-0.4, -0.2) is 6.54 Å². The van der Waals surface area contributed by atoms with Gasteiger partial charge >= 0.3 is 0 Å². The van der Waals surface area contributed by atoms with Crippen LogP contribution in [0.3, 0.4) is 0 Å². The van der Waals surface area contributed by atoms with Gasteiger partial charge in [-0.1, -0.05) is 42.5 Å². The van der Waals surface area contributed by atoms with E-state index in [1.54, 1.807) is 12.1 Å². The number of alkyl halides is 2. The van der Waals surface area contributed by atoms with Crippen LogP contribution in [0, 0.1) is 6.92 Å². The summed E-state index contributed by atoms with van der Waals surface area (Å²) in [5.74, 6) is 0. The molecule has 0 saturated heterocycles. The summed E-state index contributed by atoms with van der Waals surface area (Å²) >= 11 is 0. The van der Waals surface area contributed by atoms with Crippen molar-refractivity contribution < 1.29 is 8.78 Å². The highest BCUT2D eigenvalue weighted by molar-refractivity contribution is 5.26. The summed E-state index contributed by atoms with van der Waals surface area (Å²) in [6, 6.07) is 14.9. The van der Waals surface area contributed by atoms with Crippen LogP contribution in [0.2, 0.25) is 0 Å². The highest BCUT2D eigenvalue weighted by Crippen LogP contribution is 2.19. The maximum absolute atomic E-state index is 12.6. The minimum Gasteiger partial charge on any atom is -0.312 e. The summed E-state index contributed by atoms with van der Waals surface area (Å²) in [6.45, 7) is 3.55. The summed E-state index contributed by atoms with van der Waals surface area (Å²) < 4.78 is 25.2. The van der Waals surface area contributed by atoms with Gasteiger partial charge in [0.1, 0.15) is 0 Å². The Morgan fingerprint density at radius 1 is 1.05 bits per heavy atom. The minimum absolute atomic E-state index is 0.0863. The van der Waals surface area contributed by atoms with Crippen LogP contribution in [0.5, 0.6) is 0 Å². The second-order valence-corrected chi connectivity index (χ2v) is 4.90. The molecule has 0 fully saturated rings. The molecule has 1 nitrogen and oxygen atoms in total. The van der Waals surface area contributed by atoms with E-state index >= 15 is 0 Å². The average molecular weight is 275 g/mol. The molecule has 0 heterocycles. The Balaban J connectivity index is 1.82. The van der Waals surface area contributed by atoms with Crippen LogP contribution in [0.15, 0.2) is 48.5 Å². The van der Waals surface area contributed by atoms with Gasteiger partial charge in [-0.25, -0.2) is 8.78 Å². The Morgan fingerprint density at radius 3 is 2.60 bits per heavy atom. The molecule has 0 bridgehead atoms. The van der Waals surface area contributed by atoms with E-state index in [-0.39, 0.29) is 5.56 Å². The number of nitrogens with one attached hydrogen (secondary N) is 1. The molecule has 0 saturated carbocycles. The number of halogens is 2. The third kappa shape index (κ3) is 4.14. The second-order valence-electron chi connectivity index (χ2n) is 4.90. The van der Waals surface area contributed by atoms with Crippen molar-refractivity contribution in [3.63, 3.8) is 0 Å². The lowest BCUT2D eigenvalue weighted by atomic mass is 10.1. The fourth-order valence-corrected chi connectivity index (χ4v) is 2.19. The van der Waals surface area contributed by atoms with Crippen LogP contribution in [0.4, 0.5) is 8.78 Å². The largest absolute Gasteiger partial charge is 0.312 e. The Kier molecular flexibility index (Phi) is 5.24. The zero-order valence-corrected chi connectivity index (χ0v) is 11.6. The van der Waals surface area contributed by atoms with Crippen molar-refractivity contribution >= 4 is 0 Å². The fourth-order valence-electron chi connectivity index (χ4n) is 2.19. The van der Waals surface area contributed by atoms with Gasteiger partial charge in [0, 0.05) is 12.1 Å². The molecule has 0 aliphatic heterocycles. The fraction of sp³-hybridized carbons (Fsp3) is 0.294. The number of hydrogen-bond donors (Lipinski definition) is 1. The summed E-state index contributed by atoms with van der Waals surface area (Å²) in [5, 5.41) is 3.30. The molecule has 0 aliphatic carbocycles. The molecule has 0 radical (unpaired) electrons. The van der Waals surface area contributed by atoms with Crippen LogP contribution < -0.4 is 5.32 Å². The first-order valence-corrected chi connectivity index (χ1v) is 6.79. The van der Waals surface area contributed by atoms with E-state index in [0.29, 0.717) is 6.54 Å². The Labute approximate surface area is 118 Å². The molecule has 3 heteroatoms. The Bertz CT molecular complexity index is 552. The summed E-state index contributed by atoms with van der Waals surface area (Å²) in [4.78, 5) is 0. The van der Waals surface area contributed by atoms with E-state index in [1.807, 2.05) is 18.2 Å². The third-order valence-electron chi connectivity index (χ3n) is 3.36. The second kappa shape index (κ2) is 7.15. The quantitative estimate of drug-likeness (QED) is 0.776. The van der Waals surface area contributed by atoms with Crippen molar-refractivity contribution in [2.45, 2.75) is 26.3 Å². The average Bonchev–Trinajstić information content (AvgIpc) is 2.45. The van der Waals surface area contributed by atoms with Crippen LogP contribution >= 0.6 is 0 Å². The molecule has 0 spiro atoms. The first-order chi connectivity index (χ1) is 9.66. The van der Waals surface area contributed by atoms with Crippen LogP contribution in [0.25, 0.3) is 0 Å². The smallest absolute Gasteiger partial charge is 0.263 e. The molecule has 2 rings (SSSR count). The molecular weight excluding hydrogens is 256 g/mol. The maximum atomic E-state index is 12.6. The van der Waals surface area contributed by atoms with E-state index in [4.69, 9.17) is 0 Å². The van der Waals surface area contributed by atoms with Gasteiger partial charge in [0.25, 0.3) is 6.43 Å². The molecule has 0 aliphatic rings. The third-order valence-corrected chi connectivity index (χ3v) is 3.36. The zero-order valence-electron chi connectivity index (χ0n) is 11.6. The monoisotopic (exact) mass is 275 g/mol. The molecule has 0 unspecified atom stereocenters. The Morgan fingerprint density at radius 2 is 1.85 bits per heavy atom. The lowest BCUT2D eigenvalue weighted by Gasteiger charge is -2.08. The topological polar surface area (TPSA) is 12.0 Å². The molecule has 1 N–H and O–H groups in total.